The van der Waals surface area contributed by atoms with Crippen LogP contribution >= 0.6 is 23.2 Å². The molecule has 27 heavy (non-hydrogen) atoms. The number of benzene rings is 2. The third-order valence-electron chi connectivity index (χ3n) is 5.93. The minimum Gasteiger partial charge on any atom is -0.337 e. The van der Waals surface area contributed by atoms with Gasteiger partial charge in [0.25, 0.3) is 0 Å². The predicted octanol–water partition coefficient (Wildman–Crippen LogP) is 5.10. The van der Waals surface area contributed by atoms with Gasteiger partial charge in [0.2, 0.25) is 5.91 Å². The van der Waals surface area contributed by atoms with Gasteiger partial charge in [0, 0.05) is 19.6 Å². The van der Waals surface area contributed by atoms with E-state index < -0.39 is 0 Å². The first-order chi connectivity index (χ1) is 13.0. The van der Waals surface area contributed by atoms with Gasteiger partial charge in [-0.15, -0.1) is 0 Å². The van der Waals surface area contributed by atoms with Crippen molar-refractivity contribution in [1.29, 1.82) is 0 Å². The number of hydrogen-bond acceptors (Lipinski definition) is 2. The maximum Gasteiger partial charge on any atom is 0.227 e. The SMILES string of the molecule is CN(C(=O)Cc1ccc(Cl)c(Cl)c1)[C@@H]1c2ccccc2CN2CCCC[C@H]12. The third-order valence-corrected chi connectivity index (χ3v) is 6.66. The Hall–Kier alpha value is -1.55. The monoisotopic (exact) mass is 402 g/mol. The normalized spacial score (nSPS) is 22.0. The minimum atomic E-state index is 0.102. The van der Waals surface area contributed by atoms with Gasteiger partial charge in [0.1, 0.15) is 0 Å². The zero-order valence-electron chi connectivity index (χ0n) is 15.5. The first-order valence-electron chi connectivity index (χ1n) is 9.56. The molecule has 2 heterocycles. The number of nitrogens with zero attached hydrogens (tertiary/aromatic N) is 2. The van der Waals surface area contributed by atoms with Gasteiger partial charge in [-0.25, -0.2) is 0 Å². The quantitative estimate of drug-likeness (QED) is 0.712. The van der Waals surface area contributed by atoms with E-state index in [9.17, 15) is 4.79 Å². The molecule has 1 saturated heterocycles. The fourth-order valence-electron chi connectivity index (χ4n) is 4.53. The van der Waals surface area contributed by atoms with E-state index in [2.05, 4.69) is 29.2 Å². The number of hydrogen-bond donors (Lipinski definition) is 0. The Labute approximate surface area is 170 Å². The smallest absolute Gasteiger partial charge is 0.227 e. The van der Waals surface area contributed by atoms with Gasteiger partial charge in [0.05, 0.1) is 22.5 Å². The molecule has 0 aliphatic carbocycles. The lowest BCUT2D eigenvalue weighted by Gasteiger charge is -2.48. The van der Waals surface area contributed by atoms with Crippen LogP contribution in [0.5, 0.6) is 0 Å². The standard InChI is InChI=1S/C22H24Cl2N2O/c1-25(21(27)13-15-9-10-18(23)19(24)12-15)22-17-7-3-2-6-16(17)14-26-11-5-4-8-20(22)26/h2-3,6-7,9-10,12,20,22H,4-5,8,11,13-14H2,1H3/t20-,22-/m1/s1. The van der Waals surface area contributed by atoms with Crippen LogP contribution in [0.25, 0.3) is 0 Å². The van der Waals surface area contributed by atoms with E-state index in [1.807, 2.05) is 18.0 Å². The zero-order chi connectivity index (χ0) is 19.0. The highest BCUT2D eigenvalue weighted by Gasteiger charge is 2.39. The van der Waals surface area contributed by atoms with E-state index in [1.165, 1.54) is 24.0 Å². The molecular formula is C22H24Cl2N2O. The topological polar surface area (TPSA) is 23.6 Å². The van der Waals surface area contributed by atoms with Crippen molar-refractivity contribution in [3.63, 3.8) is 0 Å². The van der Waals surface area contributed by atoms with E-state index in [0.29, 0.717) is 22.5 Å². The Bertz CT molecular complexity index is 854. The Kier molecular flexibility index (Phi) is 5.45. The highest BCUT2D eigenvalue weighted by molar-refractivity contribution is 6.42. The molecular weight excluding hydrogens is 379 g/mol. The Morgan fingerprint density at radius 1 is 1.15 bits per heavy atom. The van der Waals surface area contributed by atoms with Gasteiger partial charge in [-0.2, -0.15) is 0 Å². The second-order valence-electron chi connectivity index (χ2n) is 7.61. The summed E-state index contributed by atoms with van der Waals surface area (Å²) in [6.07, 6.45) is 3.95. The second kappa shape index (κ2) is 7.83. The molecule has 0 radical (unpaired) electrons. The molecule has 4 rings (SSSR count). The molecule has 0 aromatic heterocycles. The number of carbonyl (C=O) groups excluding carboxylic acids is 1. The summed E-state index contributed by atoms with van der Waals surface area (Å²) in [4.78, 5) is 17.6. The molecule has 2 atom stereocenters. The molecule has 1 amide bonds. The summed E-state index contributed by atoms with van der Waals surface area (Å²) in [5.41, 5.74) is 3.53. The van der Waals surface area contributed by atoms with Crippen molar-refractivity contribution in [2.24, 2.45) is 0 Å². The van der Waals surface area contributed by atoms with Gasteiger partial charge >= 0.3 is 0 Å². The van der Waals surface area contributed by atoms with Crippen molar-refractivity contribution in [2.45, 2.75) is 44.3 Å². The number of fused-ring (bicyclic) bond motifs is 2. The van der Waals surface area contributed by atoms with Crippen LogP contribution in [0.15, 0.2) is 42.5 Å². The van der Waals surface area contributed by atoms with Gasteiger partial charge in [-0.3, -0.25) is 9.69 Å². The molecule has 0 saturated carbocycles. The summed E-state index contributed by atoms with van der Waals surface area (Å²) in [6, 6.07) is 14.5. The van der Waals surface area contributed by atoms with Crippen LogP contribution in [0, 0.1) is 0 Å². The number of likely N-dealkylation sites (N-methyl/N-ethyl adjacent to an activating group) is 1. The fraction of sp³-hybridized carbons (Fsp3) is 0.409. The summed E-state index contributed by atoms with van der Waals surface area (Å²) in [5.74, 6) is 0.112. The van der Waals surface area contributed by atoms with Crippen molar-refractivity contribution in [2.75, 3.05) is 13.6 Å². The number of amides is 1. The summed E-state index contributed by atoms with van der Waals surface area (Å²) in [6.45, 7) is 2.11. The average Bonchev–Trinajstić information content (AvgIpc) is 2.68. The van der Waals surface area contributed by atoms with Crippen molar-refractivity contribution in [3.05, 3.63) is 69.2 Å². The molecule has 0 bridgehead atoms. The van der Waals surface area contributed by atoms with E-state index in [1.54, 1.807) is 12.1 Å². The van der Waals surface area contributed by atoms with Crippen LogP contribution in [0.4, 0.5) is 0 Å². The second-order valence-corrected chi connectivity index (χ2v) is 8.42. The first-order valence-corrected chi connectivity index (χ1v) is 10.3. The van der Waals surface area contributed by atoms with Crippen LogP contribution in [-0.2, 0) is 17.8 Å². The predicted molar refractivity (Wildman–Crippen MR) is 110 cm³/mol. The Morgan fingerprint density at radius 3 is 2.78 bits per heavy atom. The van der Waals surface area contributed by atoms with Crippen LogP contribution in [0.3, 0.4) is 0 Å². The largest absolute Gasteiger partial charge is 0.337 e. The highest BCUT2D eigenvalue weighted by atomic mass is 35.5. The molecule has 1 fully saturated rings. The molecule has 2 aliphatic heterocycles. The van der Waals surface area contributed by atoms with Gasteiger partial charge < -0.3 is 4.90 Å². The maximum atomic E-state index is 13.1. The van der Waals surface area contributed by atoms with Crippen LogP contribution < -0.4 is 0 Å². The molecule has 2 aromatic carbocycles. The Morgan fingerprint density at radius 2 is 1.96 bits per heavy atom. The average molecular weight is 403 g/mol. The Balaban J connectivity index is 1.61. The lowest BCUT2D eigenvalue weighted by atomic mass is 9.83. The molecule has 0 unspecified atom stereocenters. The van der Waals surface area contributed by atoms with E-state index in [-0.39, 0.29) is 11.9 Å². The molecule has 5 heteroatoms. The van der Waals surface area contributed by atoms with Gasteiger partial charge in [-0.1, -0.05) is 60.0 Å². The number of piperidine rings is 1. The number of carbonyl (C=O) groups is 1. The molecule has 0 N–H and O–H groups in total. The number of rotatable bonds is 3. The molecule has 3 nitrogen and oxygen atoms in total. The molecule has 142 valence electrons. The third kappa shape index (κ3) is 3.73. The minimum absolute atomic E-state index is 0.102. The van der Waals surface area contributed by atoms with Crippen LogP contribution in [-0.4, -0.2) is 35.3 Å². The van der Waals surface area contributed by atoms with E-state index in [4.69, 9.17) is 23.2 Å². The number of halogens is 2. The summed E-state index contributed by atoms with van der Waals surface area (Å²) in [7, 11) is 1.94. The van der Waals surface area contributed by atoms with Gasteiger partial charge in [0.15, 0.2) is 0 Å². The maximum absolute atomic E-state index is 13.1. The van der Waals surface area contributed by atoms with Crippen molar-refractivity contribution < 1.29 is 4.79 Å². The van der Waals surface area contributed by atoms with Crippen molar-refractivity contribution in [1.82, 2.24) is 9.80 Å². The summed E-state index contributed by atoms with van der Waals surface area (Å²) >= 11 is 12.1. The van der Waals surface area contributed by atoms with Crippen molar-refractivity contribution in [3.8, 4) is 0 Å². The van der Waals surface area contributed by atoms with E-state index in [0.717, 1.165) is 25.1 Å². The van der Waals surface area contributed by atoms with E-state index >= 15 is 0 Å². The zero-order valence-corrected chi connectivity index (χ0v) is 17.0. The molecule has 0 spiro atoms. The summed E-state index contributed by atoms with van der Waals surface area (Å²) < 4.78 is 0. The fourth-order valence-corrected chi connectivity index (χ4v) is 4.85. The highest BCUT2D eigenvalue weighted by Crippen LogP contribution is 2.39. The summed E-state index contributed by atoms with van der Waals surface area (Å²) in [5, 5.41) is 1.01. The van der Waals surface area contributed by atoms with Gasteiger partial charge in [-0.05, 0) is 48.2 Å². The lowest BCUT2D eigenvalue weighted by Crippen LogP contribution is -2.52. The van der Waals surface area contributed by atoms with Crippen molar-refractivity contribution >= 4 is 29.1 Å². The first kappa shape index (κ1) is 18.8. The molecule has 2 aliphatic rings. The molecule has 2 aromatic rings. The van der Waals surface area contributed by atoms with Crippen LogP contribution in [0.1, 0.15) is 42.0 Å². The lowest BCUT2D eigenvalue weighted by molar-refractivity contribution is -0.133. The van der Waals surface area contributed by atoms with Crippen LogP contribution in [0.2, 0.25) is 10.0 Å².